The Morgan fingerprint density at radius 3 is 2.50 bits per heavy atom. The second kappa shape index (κ2) is 7.40. The van der Waals surface area contributed by atoms with Crippen LogP contribution in [0.2, 0.25) is 0 Å². The molecular formula is C23H23N5O2. The fraction of sp³-hybridized carbons (Fsp3) is 0.304. The van der Waals surface area contributed by atoms with Gasteiger partial charge in [0, 0.05) is 17.7 Å². The number of hydrogen-bond donors (Lipinski definition) is 1. The molecular weight excluding hydrogens is 378 g/mol. The number of carbonyl (C=O) groups is 1. The van der Waals surface area contributed by atoms with Crippen molar-refractivity contribution in [3.05, 3.63) is 76.5 Å². The van der Waals surface area contributed by atoms with Crippen molar-refractivity contribution >= 4 is 11.7 Å². The van der Waals surface area contributed by atoms with Crippen molar-refractivity contribution < 1.29 is 9.53 Å². The van der Waals surface area contributed by atoms with Gasteiger partial charge in [0.2, 0.25) is 5.95 Å². The molecule has 1 N–H and O–H groups in total. The molecule has 0 bridgehead atoms. The van der Waals surface area contributed by atoms with Crippen molar-refractivity contribution in [1.29, 1.82) is 0 Å². The zero-order valence-corrected chi connectivity index (χ0v) is 17.0. The van der Waals surface area contributed by atoms with E-state index in [0.717, 1.165) is 41.0 Å². The monoisotopic (exact) mass is 401 g/mol. The molecule has 0 amide bonds. The van der Waals surface area contributed by atoms with Gasteiger partial charge in [0.25, 0.3) is 0 Å². The molecule has 3 aromatic rings. The van der Waals surface area contributed by atoms with Crippen LogP contribution in [0.15, 0.2) is 59.8 Å². The van der Waals surface area contributed by atoms with E-state index in [9.17, 15) is 4.79 Å². The Kier molecular flexibility index (Phi) is 4.58. The maximum absolute atomic E-state index is 13.4. The molecule has 1 aliphatic carbocycles. The van der Waals surface area contributed by atoms with E-state index in [-0.39, 0.29) is 17.7 Å². The largest absolute Gasteiger partial charge is 0.497 e. The van der Waals surface area contributed by atoms with Crippen molar-refractivity contribution in [2.45, 2.75) is 38.1 Å². The van der Waals surface area contributed by atoms with Crippen LogP contribution in [0.5, 0.6) is 5.75 Å². The topological polar surface area (TPSA) is 81.9 Å². The summed E-state index contributed by atoms with van der Waals surface area (Å²) in [5.41, 5.74) is 5.09. The van der Waals surface area contributed by atoms with Gasteiger partial charge in [-0.25, -0.2) is 0 Å². The first-order valence-corrected chi connectivity index (χ1v) is 10.2. The lowest BCUT2D eigenvalue weighted by atomic mass is 9.78. The number of allylic oxidation sites excluding steroid dienone is 2. The average molecular weight is 401 g/mol. The number of nitrogens with one attached hydrogen (secondary N) is 1. The number of nitrogens with zero attached hydrogens (tertiary/aromatic N) is 4. The third kappa shape index (κ3) is 3.07. The van der Waals surface area contributed by atoms with E-state index in [4.69, 9.17) is 4.74 Å². The second-order valence-corrected chi connectivity index (χ2v) is 7.76. The van der Waals surface area contributed by atoms with Gasteiger partial charge in [-0.2, -0.15) is 4.68 Å². The summed E-state index contributed by atoms with van der Waals surface area (Å²) in [6, 6.07) is 16.0. The number of ether oxygens (including phenoxy) is 1. The third-order valence-corrected chi connectivity index (χ3v) is 6.07. The lowest BCUT2D eigenvalue weighted by molar-refractivity contribution is -0.116. The number of Topliss-reactive ketones (excluding diaryl/α,β-unsaturated/α-hetero) is 1. The highest BCUT2D eigenvalue weighted by atomic mass is 16.5. The summed E-state index contributed by atoms with van der Waals surface area (Å²) in [6.07, 6.45) is 2.18. The summed E-state index contributed by atoms with van der Waals surface area (Å²) in [7, 11) is 1.65. The van der Waals surface area contributed by atoms with Crippen molar-refractivity contribution in [3.8, 4) is 5.75 Å². The van der Waals surface area contributed by atoms with Crippen LogP contribution >= 0.6 is 0 Å². The minimum Gasteiger partial charge on any atom is -0.497 e. The zero-order chi connectivity index (χ0) is 20.7. The number of fused-ring (bicyclic) bond motifs is 1. The first-order chi connectivity index (χ1) is 14.7. The van der Waals surface area contributed by atoms with E-state index in [0.29, 0.717) is 12.4 Å². The van der Waals surface area contributed by atoms with Crippen LogP contribution in [0.25, 0.3) is 0 Å². The van der Waals surface area contributed by atoms with Crippen LogP contribution in [0.4, 0.5) is 5.95 Å². The van der Waals surface area contributed by atoms with Crippen molar-refractivity contribution in [1.82, 2.24) is 20.2 Å². The van der Waals surface area contributed by atoms with Crippen LogP contribution < -0.4 is 10.1 Å². The van der Waals surface area contributed by atoms with Crippen LogP contribution in [0.1, 0.15) is 48.4 Å². The first-order valence-electron chi connectivity index (χ1n) is 10.2. The lowest BCUT2D eigenvalue weighted by Gasteiger charge is -2.34. The molecule has 2 aromatic carbocycles. The molecule has 30 heavy (non-hydrogen) atoms. The van der Waals surface area contributed by atoms with Crippen molar-refractivity contribution in [2.75, 3.05) is 12.4 Å². The number of anilines is 1. The Balaban J connectivity index is 1.54. The van der Waals surface area contributed by atoms with Crippen molar-refractivity contribution in [3.63, 3.8) is 0 Å². The highest BCUT2D eigenvalue weighted by Crippen LogP contribution is 2.43. The smallest absolute Gasteiger partial charge is 0.248 e. The van der Waals surface area contributed by atoms with Gasteiger partial charge in [-0.05, 0) is 58.0 Å². The molecule has 0 radical (unpaired) electrons. The number of tetrazole rings is 1. The molecule has 2 atom stereocenters. The average Bonchev–Trinajstić information content (AvgIpc) is 3.26. The van der Waals surface area contributed by atoms with Gasteiger partial charge in [-0.3, -0.25) is 4.79 Å². The molecule has 1 aliphatic heterocycles. The Labute approximate surface area is 174 Å². The standard InChI is InChI=1S/C23H23N5O2/c1-3-14-4-6-16(7-5-14)22-21-19(24-23-25-26-27-28(22)23)12-17(13-20(21)29)15-8-10-18(30-2)11-9-15/h4-11,17,22H,3,12-13H2,1-2H3,(H,24,25,27)/t17-,22-/m1/s1. The summed E-state index contributed by atoms with van der Waals surface area (Å²) in [5.74, 6) is 1.63. The molecule has 2 heterocycles. The normalized spacial score (nSPS) is 20.4. The summed E-state index contributed by atoms with van der Waals surface area (Å²) >= 11 is 0. The van der Waals surface area contributed by atoms with E-state index >= 15 is 0 Å². The highest BCUT2D eigenvalue weighted by Gasteiger charge is 2.39. The molecule has 0 spiro atoms. The summed E-state index contributed by atoms with van der Waals surface area (Å²) in [6.45, 7) is 2.13. The molecule has 2 aliphatic rings. The third-order valence-electron chi connectivity index (χ3n) is 6.07. The Morgan fingerprint density at radius 1 is 1.07 bits per heavy atom. The van der Waals surface area contributed by atoms with Gasteiger partial charge in [0.15, 0.2) is 5.78 Å². The highest BCUT2D eigenvalue weighted by molar-refractivity contribution is 6.00. The molecule has 7 heteroatoms. The Bertz CT molecular complexity index is 1120. The summed E-state index contributed by atoms with van der Waals surface area (Å²) in [4.78, 5) is 13.4. The van der Waals surface area contributed by atoms with Crippen LogP contribution in [0, 0.1) is 0 Å². The van der Waals surface area contributed by atoms with Crippen molar-refractivity contribution in [2.24, 2.45) is 0 Å². The zero-order valence-electron chi connectivity index (χ0n) is 17.0. The maximum atomic E-state index is 13.4. The van der Waals surface area contributed by atoms with Crippen LogP contribution in [-0.2, 0) is 11.2 Å². The number of hydrogen-bond acceptors (Lipinski definition) is 6. The van der Waals surface area contributed by atoms with Crippen LogP contribution in [-0.4, -0.2) is 33.1 Å². The number of ketones is 1. The predicted octanol–water partition coefficient (Wildman–Crippen LogP) is 3.66. The predicted molar refractivity (Wildman–Crippen MR) is 112 cm³/mol. The SMILES string of the molecule is CCc1ccc([C@@H]2C3=C(C[C@@H](c4ccc(OC)cc4)CC3=O)Nc3nnnn32)cc1. The molecule has 0 unspecified atom stereocenters. The Morgan fingerprint density at radius 2 is 1.80 bits per heavy atom. The summed E-state index contributed by atoms with van der Waals surface area (Å²) < 4.78 is 6.97. The molecule has 7 nitrogen and oxygen atoms in total. The fourth-order valence-corrected chi connectivity index (χ4v) is 4.43. The Hall–Kier alpha value is -3.48. The number of benzene rings is 2. The minimum absolute atomic E-state index is 0.111. The molecule has 5 rings (SSSR count). The van der Waals surface area contributed by atoms with Gasteiger partial charge in [0.05, 0.1) is 7.11 Å². The number of aryl methyl sites for hydroxylation is 1. The van der Waals surface area contributed by atoms with E-state index in [2.05, 4.69) is 52.0 Å². The van der Waals surface area contributed by atoms with E-state index in [1.165, 1.54) is 5.56 Å². The van der Waals surface area contributed by atoms with Gasteiger partial charge < -0.3 is 10.1 Å². The number of methoxy groups -OCH3 is 1. The lowest BCUT2D eigenvalue weighted by Crippen LogP contribution is -2.33. The molecule has 152 valence electrons. The molecule has 1 aromatic heterocycles. The second-order valence-electron chi connectivity index (χ2n) is 7.76. The number of rotatable bonds is 4. The first kappa shape index (κ1) is 18.5. The fourth-order valence-electron chi connectivity index (χ4n) is 4.43. The minimum atomic E-state index is -0.304. The van der Waals surface area contributed by atoms with Gasteiger partial charge >= 0.3 is 0 Å². The van der Waals surface area contributed by atoms with Gasteiger partial charge in [-0.15, -0.1) is 0 Å². The number of aromatic nitrogens is 4. The number of carbonyl (C=O) groups excluding carboxylic acids is 1. The van der Waals surface area contributed by atoms with E-state index in [1.807, 2.05) is 24.3 Å². The molecule has 0 saturated carbocycles. The quantitative estimate of drug-likeness (QED) is 0.719. The van der Waals surface area contributed by atoms with E-state index < -0.39 is 0 Å². The van der Waals surface area contributed by atoms with Crippen LogP contribution in [0.3, 0.4) is 0 Å². The molecule has 0 fully saturated rings. The van der Waals surface area contributed by atoms with Gasteiger partial charge in [0.1, 0.15) is 11.8 Å². The maximum Gasteiger partial charge on any atom is 0.248 e. The molecule has 0 saturated heterocycles. The van der Waals surface area contributed by atoms with E-state index in [1.54, 1.807) is 11.8 Å². The summed E-state index contributed by atoms with van der Waals surface area (Å²) in [5, 5.41) is 15.5. The van der Waals surface area contributed by atoms with Gasteiger partial charge in [-0.1, -0.05) is 48.4 Å².